The number of nitrogens with zero attached hydrogens (tertiary/aromatic N) is 2. The minimum atomic E-state index is -1.15. The van der Waals surface area contributed by atoms with Gasteiger partial charge in [0.2, 0.25) is 0 Å². The van der Waals surface area contributed by atoms with Gasteiger partial charge in [0, 0.05) is 18.5 Å². The summed E-state index contributed by atoms with van der Waals surface area (Å²) in [6.07, 6.45) is 10.9. The molecule has 3 aliphatic rings. The van der Waals surface area contributed by atoms with Gasteiger partial charge in [0.1, 0.15) is 6.61 Å². The molecule has 0 radical (unpaired) electrons. The van der Waals surface area contributed by atoms with E-state index in [0.717, 1.165) is 73.6 Å². The second kappa shape index (κ2) is 15.1. The molecule has 0 saturated heterocycles. The molecule has 1 atom stereocenters. The van der Waals surface area contributed by atoms with Crippen molar-refractivity contribution in [3.05, 3.63) is 82.6 Å². The van der Waals surface area contributed by atoms with Crippen LogP contribution in [-0.4, -0.2) is 73.7 Å². The van der Waals surface area contributed by atoms with Crippen molar-refractivity contribution in [1.29, 1.82) is 0 Å². The van der Waals surface area contributed by atoms with Crippen molar-refractivity contribution in [2.75, 3.05) is 27.4 Å². The summed E-state index contributed by atoms with van der Waals surface area (Å²) in [7, 11) is 2.54. The number of methoxy groups -OCH3 is 2. The van der Waals surface area contributed by atoms with E-state index < -0.39 is 35.5 Å². The molecule has 248 valence electrons. The van der Waals surface area contributed by atoms with Gasteiger partial charge >= 0.3 is 24.0 Å². The molecule has 0 fully saturated rings. The number of carboxylic acid groups (broad SMARTS) is 1. The summed E-state index contributed by atoms with van der Waals surface area (Å²) in [4.78, 5) is 50.1. The Morgan fingerprint density at radius 2 is 1.40 bits per heavy atom. The SMILES string of the molecule is COC(=O)C1=C(C(=O)OC)C2(c3ccccc3-c3ccccc32)C2C=C(COC(=O)NCCCCCCCCCCC(=O)O)C=NN12. The fourth-order valence-electron chi connectivity index (χ4n) is 6.93. The molecular weight excluding hydrogens is 602 g/mol. The Labute approximate surface area is 274 Å². The van der Waals surface area contributed by atoms with E-state index in [1.54, 1.807) is 0 Å². The number of nitrogens with one attached hydrogen (secondary N) is 1. The Kier molecular flexibility index (Phi) is 10.7. The highest BCUT2D eigenvalue weighted by atomic mass is 16.5. The zero-order valence-electron chi connectivity index (χ0n) is 26.8. The van der Waals surface area contributed by atoms with Crippen LogP contribution in [-0.2, 0) is 34.0 Å². The number of amides is 1. The van der Waals surface area contributed by atoms with Gasteiger partial charge in [-0.05, 0) is 35.1 Å². The lowest BCUT2D eigenvalue weighted by molar-refractivity contribution is -0.140. The molecule has 1 spiro atoms. The van der Waals surface area contributed by atoms with Crippen molar-refractivity contribution in [3.63, 3.8) is 0 Å². The zero-order valence-corrected chi connectivity index (χ0v) is 26.8. The standard InChI is InChI=1S/C36H41N3O8/c1-45-33(42)31-32(34(43)46-2)39-29(36(31)27-17-12-10-15-25(27)26-16-11-13-18-28(26)36)21-24(22-38-39)23-47-35(44)37-20-14-8-6-4-3-5-7-9-19-30(40)41/h10-13,15-18,21-22,29H,3-9,14,19-20,23H2,1-2H3,(H,37,44)(H,40,41). The zero-order chi connectivity index (χ0) is 33.4. The van der Waals surface area contributed by atoms with E-state index in [4.69, 9.17) is 19.3 Å². The van der Waals surface area contributed by atoms with Gasteiger partial charge in [-0.25, -0.2) is 19.4 Å². The first kappa shape index (κ1) is 33.4. The fourth-order valence-corrected chi connectivity index (χ4v) is 6.93. The van der Waals surface area contributed by atoms with Crippen molar-refractivity contribution >= 4 is 30.2 Å². The van der Waals surface area contributed by atoms with Gasteiger partial charge < -0.3 is 24.6 Å². The van der Waals surface area contributed by atoms with Gasteiger partial charge in [0.05, 0.1) is 37.5 Å². The Balaban J connectivity index is 1.27. The van der Waals surface area contributed by atoms with Crippen LogP contribution in [0.4, 0.5) is 4.79 Å². The summed E-state index contributed by atoms with van der Waals surface area (Å²) in [5, 5.41) is 17.6. The third-order valence-corrected chi connectivity index (χ3v) is 9.01. The number of ether oxygens (including phenoxy) is 3. The minimum absolute atomic E-state index is 0.000691. The highest BCUT2D eigenvalue weighted by Crippen LogP contribution is 2.60. The largest absolute Gasteiger partial charge is 0.481 e. The van der Waals surface area contributed by atoms with Crippen LogP contribution in [0.3, 0.4) is 0 Å². The van der Waals surface area contributed by atoms with Gasteiger partial charge in [-0.15, -0.1) is 0 Å². The Bertz CT molecular complexity index is 1570. The van der Waals surface area contributed by atoms with Crippen molar-refractivity contribution < 1.29 is 38.5 Å². The average molecular weight is 644 g/mol. The molecule has 5 rings (SSSR count). The van der Waals surface area contributed by atoms with Crippen LogP contribution in [0.15, 0.2) is 76.6 Å². The highest BCUT2D eigenvalue weighted by molar-refractivity contribution is 6.07. The number of carbonyl (C=O) groups excluding carboxylic acids is 3. The van der Waals surface area contributed by atoms with E-state index in [1.807, 2.05) is 54.6 Å². The third kappa shape index (κ3) is 6.65. The monoisotopic (exact) mass is 643 g/mol. The number of hydrogen-bond donors (Lipinski definition) is 2. The summed E-state index contributed by atoms with van der Waals surface area (Å²) in [5.74, 6) is -2.12. The Hall–Kier alpha value is -4.93. The molecule has 1 amide bonds. The van der Waals surface area contributed by atoms with Crippen molar-refractivity contribution in [3.8, 4) is 11.1 Å². The summed E-state index contributed by atoms with van der Waals surface area (Å²) in [5.41, 5.74) is 3.15. The van der Waals surface area contributed by atoms with Crippen molar-refractivity contribution in [1.82, 2.24) is 10.3 Å². The van der Waals surface area contributed by atoms with Crippen LogP contribution in [0, 0.1) is 0 Å². The van der Waals surface area contributed by atoms with E-state index in [2.05, 4.69) is 10.4 Å². The van der Waals surface area contributed by atoms with Crippen LogP contribution in [0.2, 0.25) is 0 Å². The van der Waals surface area contributed by atoms with E-state index in [-0.39, 0.29) is 24.3 Å². The molecule has 1 aliphatic carbocycles. The Morgan fingerprint density at radius 3 is 2.00 bits per heavy atom. The molecule has 2 aromatic rings. The van der Waals surface area contributed by atoms with Crippen LogP contribution in [0.25, 0.3) is 11.1 Å². The number of carbonyl (C=O) groups is 4. The van der Waals surface area contributed by atoms with Crippen LogP contribution in [0.1, 0.15) is 68.9 Å². The number of hydrazone groups is 1. The highest BCUT2D eigenvalue weighted by Gasteiger charge is 2.63. The topological polar surface area (TPSA) is 144 Å². The fraction of sp³-hybridized carbons (Fsp3) is 0.417. The van der Waals surface area contributed by atoms with Gasteiger partial charge in [-0.3, -0.25) is 4.79 Å². The minimum Gasteiger partial charge on any atom is -0.481 e. The molecule has 0 saturated carbocycles. The molecule has 0 bridgehead atoms. The molecule has 47 heavy (non-hydrogen) atoms. The number of benzene rings is 2. The summed E-state index contributed by atoms with van der Waals surface area (Å²) >= 11 is 0. The van der Waals surface area contributed by atoms with E-state index >= 15 is 0 Å². The first-order valence-corrected chi connectivity index (χ1v) is 16.1. The van der Waals surface area contributed by atoms with Gasteiger partial charge in [-0.2, -0.15) is 5.10 Å². The summed E-state index contributed by atoms with van der Waals surface area (Å²) in [6.45, 7) is 0.439. The summed E-state index contributed by atoms with van der Waals surface area (Å²) in [6, 6.07) is 14.9. The second-order valence-electron chi connectivity index (χ2n) is 11.9. The normalized spacial score (nSPS) is 16.7. The number of unbranched alkanes of at least 4 members (excludes halogenated alkanes) is 7. The number of rotatable bonds is 15. The predicted molar refractivity (Wildman–Crippen MR) is 174 cm³/mol. The predicted octanol–water partition coefficient (Wildman–Crippen LogP) is 5.48. The van der Waals surface area contributed by atoms with Crippen molar-refractivity contribution in [2.24, 2.45) is 5.10 Å². The maximum absolute atomic E-state index is 13.6. The van der Waals surface area contributed by atoms with Gasteiger partial charge in [0.25, 0.3) is 0 Å². The number of aliphatic carboxylic acids is 1. The smallest absolute Gasteiger partial charge is 0.407 e. The quantitative estimate of drug-likeness (QED) is 0.146. The third-order valence-electron chi connectivity index (χ3n) is 9.01. The second-order valence-corrected chi connectivity index (χ2v) is 11.9. The lowest BCUT2D eigenvalue weighted by Crippen LogP contribution is -2.45. The molecule has 2 heterocycles. The average Bonchev–Trinajstić information content (AvgIpc) is 3.56. The Morgan fingerprint density at radius 1 is 0.830 bits per heavy atom. The number of esters is 2. The van der Waals surface area contributed by atoms with E-state index in [9.17, 15) is 19.2 Å². The number of carboxylic acids is 1. The molecule has 11 nitrogen and oxygen atoms in total. The molecule has 1 unspecified atom stereocenters. The van der Waals surface area contributed by atoms with E-state index in [0.29, 0.717) is 12.1 Å². The lowest BCUT2D eigenvalue weighted by Gasteiger charge is -2.37. The first-order valence-electron chi connectivity index (χ1n) is 16.1. The molecular formula is C36H41N3O8. The lowest BCUT2D eigenvalue weighted by atomic mass is 9.68. The van der Waals surface area contributed by atoms with Gasteiger partial charge in [-0.1, -0.05) is 93.1 Å². The van der Waals surface area contributed by atoms with Crippen LogP contribution in [0.5, 0.6) is 0 Å². The van der Waals surface area contributed by atoms with E-state index in [1.165, 1.54) is 25.4 Å². The first-order chi connectivity index (χ1) is 22.8. The molecule has 2 aliphatic heterocycles. The van der Waals surface area contributed by atoms with Gasteiger partial charge in [0.15, 0.2) is 5.70 Å². The molecule has 11 heteroatoms. The number of alkyl carbamates (subject to hydrolysis) is 1. The number of fused-ring (bicyclic) bond motifs is 7. The maximum Gasteiger partial charge on any atom is 0.407 e. The van der Waals surface area contributed by atoms with Crippen molar-refractivity contribution in [2.45, 2.75) is 69.2 Å². The maximum atomic E-state index is 13.6. The number of hydrogen-bond acceptors (Lipinski definition) is 9. The molecule has 2 N–H and O–H groups in total. The molecule has 2 aromatic carbocycles. The van der Waals surface area contributed by atoms with Crippen LogP contribution < -0.4 is 5.32 Å². The molecule has 0 aromatic heterocycles. The summed E-state index contributed by atoms with van der Waals surface area (Å²) < 4.78 is 16.0. The van der Waals surface area contributed by atoms with Crippen LogP contribution >= 0.6 is 0 Å².